The molecule has 3 aliphatic heterocycles. The summed E-state index contributed by atoms with van der Waals surface area (Å²) in [5, 5.41) is 36.8. The van der Waals surface area contributed by atoms with E-state index in [9.17, 15) is 91.1 Å². The van der Waals surface area contributed by atoms with Gasteiger partial charge in [0.25, 0.3) is 0 Å². The third kappa shape index (κ3) is 54.0. The summed E-state index contributed by atoms with van der Waals surface area (Å²) in [6.45, 7) is 13.2. The lowest BCUT2D eigenvalue weighted by molar-refractivity contribution is -0.277. The van der Waals surface area contributed by atoms with Crippen LogP contribution in [-0.4, -0.2) is 315 Å². The van der Waals surface area contributed by atoms with Gasteiger partial charge in [-0.15, -0.1) is 0 Å². The van der Waals surface area contributed by atoms with Crippen molar-refractivity contribution < 1.29 is 177 Å². The van der Waals surface area contributed by atoms with Crippen molar-refractivity contribution in [2.75, 3.05) is 119 Å². The molecule has 0 bridgehead atoms. The molecule has 0 aromatic carbocycles. The van der Waals surface area contributed by atoms with Crippen LogP contribution in [0, 0.1) is 0 Å². The number of carboxylic acid groups (broad SMARTS) is 1. The van der Waals surface area contributed by atoms with Gasteiger partial charge in [-0.2, -0.15) is 0 Å². The normalized spacial score (nSPS) is 20.3. The maximum Gasteiger partial charge on any atom is 0.307 e. The molecule has 13 atom stereocenters. The fraction of sp³-hybridized carbons (Fsp3) is 0.769. The Kier molecular flexibility index (Phi) is 60.9. The number of rotatable bonds is 72. The van der Waals surface area contributed by atoms with Crippen molar-refractivity contribution in [1.29, 1.82) is 0 Å². The van der Waals surface area contributed by atoms with Gasteiger partial charge in [-0.3, -0.25) is 91.1 Å². The third-order valence-electron chi connectivity index (χ3n) is 20.9. The molecule has 9 unspecified atom stereocenters. The highest BCUT2D eigenvalue weighted by Crippen LogP contribution is 2.37. The number of amides is 10. The van der Waals surface area contributed by atoms with E-state index in [2.05, 4.69) is 53.2 Å². The Hall–Kier alpha value is -10.7. The highest BCUT2D eigenvalue weighted by molar-refractivity contribution is 5.80. The summed E-state index contributed by atoms with van der Waals surface area (Å²) in [6, 6.07) is -3.51. The number of nitrogens with one attached hydrogen (secondary N) is 10. The summed E-state index contributed by atoms with van der Waals surface area (Å²) in [5.41, 5.74) is -3.17. The van der Waals surface area contributed by atoms with Crippen molar-refractivity contribution in [2.45, 2.75) is 335 Å². The summed E-state index contributed by atoms with van der Waals surface area (Å²) < 4.78 is 97.6. The maximum absolute atomic E-state index is 14.1. The fourth-order valence-corrected chi connectivity index (χ4v) is 14.6. The van der Waals surface area contributed by atoms with Gasteiger partial charge in [0.2, 0.25) is 59.1 Å². The first-order valence-corrected chi connectivity index (χ1v) is 47.2. The topological polar surface area (TPSA) is 622 Å². The van der Waals surface area contributed by atoms with Gasteiger partial charge in [0, 0.05) is 193 Å². The average molecular weight is 1970 g/mol. The molecule has 3 aliphatic rings. The SMILES string of the molecule is CCC1O[C@@H](OCCCCC(=O)NCCCNC(=O)CCOCC(COCCC(=O)NCCCNC(=O)CCCCO[C@@H]2OC(COC(C)=O)[C@@H](OC(C)=O)C(OC(C)=O)C2NC(C)=O)(COCCC(=O)NCCCNC(=O)CCCCO[C@@H]2OC(COC(C)=O)CC(COC(C)=O)(OC(C)=O)C2NC(C)=O)NC(=O)CCCCCCCCCCC(=O)O)C(NC(C)=O)C(OC(C)=O)=C1OC(C)=O. The molecule has 0 aliphatic carbocycles. The van der Waals surface area contributed by atoms with E-state index in [1.165, 1.54) is 34.6 Å². The molecule has 0 radical (unpaired) electrons. The van der Waals surface area contributed by atoms with Gasteiger partial charge < -0.3 is 139 Å². The van der Waals surface area contributed by atoms with Crippen LogP contribution < -0.4 is 53.2 Å². The highest BCUT2D eigenvalue weighted by Gasteiger charge is 2.56. The second-order valence-electron chi connectivity index (χ2n) is 33.6. The van der Waals surface area contributed by atoms with E-state index in [0.29, 0.717) is 77.0 Å². The number of carboxylic acids is 1. The number of aliphatic carboxylic acids is 1. The van der Waals surface area contributed by atoms with Crippen LogP contribution in [-0.2, 0) is 172 Å². The van der Waals surface area contributed by atoms with E-state index in [-0.39, 0.29) is 199 Å². The van der Waals surface area contributed by atoms with Crippen LogP contribution in [0.1, 0.15) is 256 Å². The van der Waals surface area contributed by atoms with Crippen molar-refractivity contribution >= 4 is 113 Å². The first kappa shape index (κ1) is 121. The standard InChI is InChI=1S/C91H148N10O37/c1-13-70-82(131-64(8)108)84(133-66(10)110)80(98-58(2)102)87(136-70)125-45-25-22-31-72(113)92-39-28-42-95-75(116)36-48-122-54-90(101-78(119)34-20-18-16-14-15-17-19-21-35-79(120)121,55-123-49-37-76(117)96-43-29-40-93-73(114)32-23-26-46-126-88-81(99-59(3)103)85(134-67(11)111)83(132-65(9)109)71(137-88)53-129-62(6)106)56-124-50-38-77(118)97-44-30-41-94-74(115)33-24-27-47-127-89-86(100-60(4)104)91(138-68(12)112,57-130-63(7)107)51-69(135-89)52-128-61(5)105/h69-71,80-81,83,85-89H,13-57H2,1-12H3,(H,92,113)(H,93,114)(H,94,115)(H,95,116)(H,96,117)(H,97,118)(H,98,102)(H,99,103)(H,100,104)(H,101,119)(H,120,121)/t69?,70?,71?,80?,81?,83-,85?,86?,87-,88-,89-,90?,91?/m1/s1. The predicted octanol–water partition coefficient (Wildman–Crippen LogP) is 2.16. The van der Waals surface area contributed by atoms with Crippen LogP contribution in [0.25, 0.3) is 0 Å². The van der Waals surface area contributed by atoms with Crippen molar-refractivity contribution in [3.8, 4) is 0 Å². The minimum absolute atomic E-state index is 0.0126. The van der Waals surface area contributed by atoms with Crippen LogP contribution in [0.5, 0.6) is 0 Å². The zero-order valence-electron chi connectivity index (χ0n) is 81.8. The zero-order chi connectivity index (χ0) is 102. The van der Waals surface area contributed by atoms with E-state index in [0.717, 1.165) is 73.6 Å². The Morgan fingerprint density at radius 2 is 0.761 bits per heavy atom. The number of hydrogen-bond acceptors (Lipinski definition) is 36. The van der Waals surface area contributed by atoms with Crippen molar-refractivity contribution in [3.63, 3.8) is 0 Å². The van der Waals surface area contributed by atoms with E-state index in [1.54, 1.807) is 6.92 Å². The van der Waals surface area contributed by atoms with Gasteiger partial charge >= 0.3 is 53.7 Å². The first-order valence-electron chi connectivity index (χ1n) is 47.2. The lowest BCUT2D eigenvalue weighted by Crippen LogP contribution is -2.68. The molecular weight excluding hydrogens is 1830 g/mol. The number of ether oxygens (including phenoxy) is 17. The van der Waals surface area contributed by atoms with Crippen LogP contribution in [0.4, 0.5) is 0 Å². The molecule has 2 saturated heterocycles. The summed E-state index contributed by atoms with van der Waals surface area (Å²) in [6.07, 6.45) is -0.0716. The maximum atomic E-state index is 14.1. The number of carbonyl (C=O) groups is 19. The van der Waals surface area contributed by atoms with Gasteiger partial charge in [0.1, 0.15) is 55.7 Å². The Bertz CT molecular complexity index is 3910. The van der Waals surface area contributed by atoms with Crippen LogP contribution >= 0.6 is 0 Å². The highest BCUT2D eigenvalue weighted by atomic mass is 16.7. The Morgan fingerprint density at radius 3 is 1.17 bits per heavy atom. The lowest BCUT2D eigenvalue weighted by Gasteiger charge is -2.48. The molecule has 47 nitrogen and oxygen atoms in total. The molecule has 10 amide bonds. The average Bonchev–Trinajstić information content (AvgIpc) is 0.772. The predicted molar refractivity (Wildman–Crippen MR) is 482 cm³/mol. The van der Waals surface area contributed by atoms with Crippen LogP contribution in [0.2, 0.25) is 0 Å². The number of esters is 8. The Morgan fingerprint density at radius 1 is 0.370 bits per heavy atom. The summed E-state index contributed by atoms with van der Waals surface area (Å²) in [4.78, 5) is 237. The summed E-state index contributed by atoms with van der Waals surface area (Å²) in [5.74, 6) is -10.9. The number of unbranched alkanes of at least 4 members (excludes halogenated alkanes) is 10. The molecule has 0 aromatic rings. The minimum atomic E-state index is -1.69. The molecular formula is C91H148N10O37. The molecule has 0 spiro atoms. The second-order valence-corrected chi connectivity index (χ2v) is 33.6. The van der Waals surface area contributed by atoms with E-state index in [4.69, 9.17) is 85.6 Å². The quantitative estimate of drug-likeness (QED) is 0.0236. The molecule has 0 saturated carbocycles. The van der Waals surface area contributed by atoms with Crippen LogP contribution in [0.15, 0.2) is 11.5 Å². The van der Waals surface area contributed by atoms with Gasteiger partial charge in [-0.25, -0.2) is 0 Å². The van der Waals surface area contributed by atoms with Gasteiger partial charge in [0.15, 0.2) is 48.2 Å². The second kappa shape index (κ2) is 69.2. The molecule has 11 N–H and O–H groups in total. The van der Waals surface area contributed by atoms with Gasteiger partial charge in [-0.1, -0.05) is 45.4 Å². The van der Waals surface area contributed by atoms with E-state index >= 15 is 0 Å². The Balaban J connectivity index is 1.67. The molecule has 47 heteroatoms. The molecule has 0 aromatic heterocycles. The largest absolute Gasteiger partial charge is 0.481 e. The number of hydrogen-bond donors (Lipinski definition) is 11. The third-order valence-corrected chi connectivity index (χ3v) is 20.9. The van der Waals surface area contributed by atoms with E-state index < -0.39 is 187 Å². The van der Waals surface area contributed by atoms with Gasteiger partial charge in [-0.05, 0) is 77.0 Å². The fourth-order valence-electron chi connectivity index (χ4n) is 14.6. The lowest BCUT2D eigenvalue weighted by atomic mass is 9.85. The van der Waals surface area contributed by atoms with Crippen molar-refractivity contribution in [1.82, 2.24) is 53.2 Å². The van der Waals surface area contributed by atoms with Crippen molar-refractivity contribution in [2.24, 2.45) is 0 Å². The molecule has 3 rings (SSSR count). The molecule has 138 heavy (non-hydrogen) atoms. The summed E-state index contributed by atoms with van der Waals surface area (Å²) in [7, 11) is 0. The number of carbonyl (C=O) groups excluding carboxylic acids is 18. The summed E-state index contributed by atoms with van der Waals surface area (Å²) >= 11 is 0. The molecule has 784 valence electrons. The van der Waals surface area contributed by atoms with Crippen molar-refractivity contribution in [3.05, 3.63) is 11.5 Å². The zero-order valence-corrected chi connectivity index (χ0v) is 81.8. The monoisotopic (exact) mass is 1970 g/mol. The smallest absolute Gasteiger partial charge is 0.307 e. The van der Waals surface area contributed by atoms with Crippen LogP contribution in [0.3, 0.4) is 0 Å². The Labute approximate surface area is 804 Å². The van der Waals surface area contributed by atoms with E-state index in [1.807, 2.05) is 0 Å². The minimum Gasteiger partial charge on any atom is -0.481 e. The first-order chi connectivity index (χ1) is 65.6. The molecule has 3 heterocycles. The molecule has 2 fully saturated rings. The van der Waals surface area contributed by atoms with Gasteiger partial charge in [0.05, 0.1) is 45.7 Å².